The maximum absolute atomic E-state index is 11.7. The number of aromatic nitrogens is 1. The first-order chi connectivity index (χ1) is 8.87. The second-order valence-electron chi connectivity index (χ2n) is 5.18. The number of rotatable bonds is 2. The van der Waals surface area contributed by atoms with Gasteiger partial charge >= 0.3 is 6.03 Å². The van der Waals surface area contributed by atoms with Gasteiger partial charge in [0.2, 0.25) is 0 Å². The number of urea groups is 1. The van der Waals surface area contributed by atoms with Crippen LogP contribution in [0.5, 0.6) is 5.75 Å². The molecule has 0 saturated carbocycles. The molecule has 0 fully saturated rings. The minimum absolute atomic E-state index is 0.251. The average Bonchev–Trinajstić information content (AvgIpc) is 2.66. The van der Waals surface area contributed by atoms with E-state index in [0.717, 1.165) is 16.0 Å². The van der Waals surface area contributed by atoms with Crippen LogP contribution in [-0.2, 0) is 0 Å². The second kappa shape index (κ2) is 5.05. The van der Waals surface area contributed by atoms with Crippen molar-refractivity contribution in [1.82, 2.24) is 10.3 Å². The molecule has 1 heterocycles. The summed E-state index contributed by atoms with van der Waals surface area (Å²) >= 11 is 1.42. The highest BCUT2D eigenvalue weighted by Crippen LogP contribution is 2.29. The molecule has 2 rings (SSSR count). The molecule has 1 aromatic carbocycles. The Hall–Kier alpha value is -1.82. The molecule has 0 radical (unpaired) electrons. The molecule has 2 N–H and O–H groups in total. The van der Waals surface area contributed by atoms with E-state index < -0.39 is 0 Å². The molecule has 1 aromatic heterocycles. The zero-order valence-electron chi connectivity index (χ0n) is 11.4. The number of nitrogens with one attached hydrogen (secondary N) is 2. The number of hydrogen-bond acceptors (Lipinski definition) is 4. The van der Waals surface area contributed by atoms with Gasteiger partial charge in [-0.1, -0.05) is 11.3 Å². The molecule has 102 valence electrons. The molecule has 0 atom stereocenters. The summed E-state index contributed by atoms with van der Waals surface area (Å²) in [6, 6.07) is 5.37. The molecule has 0 aliphatic carbocycles. The summed E-state index contributed by atoms with van der Waals surface area (Å²) in [7, 11) is 1.62. The third-order valence-corrected chi connectivity index (χ3v) is 3.24. The van der Waals surface area contributed by atoms with Crippen LogP contribution in [0, 0.1) is 0 Å². The van der Waals surface area contributed by atoms with Gasteiger partial charge in [-0.15, -0.1) is 0 Å². The van der Waals surface area contributed by atoms with Crippen LogP contribution in [-0.4, -0.2) is 23.7 Å². The molecule has 0 aliphatic heterocycles. The lowest BCUT2D eigenvalue weighted by atomic mass is 10.1. The third-order valence-electron chi connectivity index (χ3n) is 2.30. The van der Waals surface area contributed by atoms with Gasteiger partial charge in [-0.2, -0.15) is 0 Å². The van der Waals surface area contributed by atoms with Gasteiger partial charge in [-0.05, 0) is 39.0 Å². The third kappa shape index (κ3) is 3.57. The molecule has 0 spiro atoms. The molecule has 0 saturated heterocycles. The summed E-state index contributed by atoms with van der Waals surface area (Å²) in [4.78, 5) is 16.1. The summed E-state index contributed by atoms with van der Waals surface area (Å²) in [6.45, 7) is 5.78. The lowest BCUT2D eigenvalue weighted by Gasteiger charge is -2.19. The van der Waals surface area contributed by atoms with Crippen molar-refractivity contribution in [3.8, 4) is 5.75 Å². The van der Waals surface area contributed by atoms with Crippen molar-refractivity contribution < 1.29 is 9.53 Å². The number of hydrogen-bond donors (Lipinski definition) is 2. The van der Waals surface area contributed by atoms with Gasteiger partial charge < -0.3 is 10.1 Å². The number of anilines is 1. The van der Waals surface area contributed by atoms with Crippen molar-refractivity contribution in [1.29, 1.82) is 0 Å². The number of benzene rings is 1. The molecular weight excluding hydrogens is 262 g/mol. The maximum Gasteiger partial charge on any atom is 0.321 e. The zero-order valence-corrected chi connectivity index (χ0v) is 12.2. The number of nitrogens with zero attached hydrogens (tertiary/aromatic N) is 1. The fourth-order valence-corrected chi connectivity index (χ4v) is 2.44. The summed E-state index contributed by atoms with van der Waals surface area (Å²) in [6.07, 6.45) is 0. The first-order valence-corrected chi connectivity index (χ1v) is 6.73. The van der Waals surface area contributed by atoms with Gasteiger partial charge in [0.15, 0.2) is 5.13 Å². The Morgan fingerprint density at radius 1 is 1.37 bits per heavy atom. The zero-order chi connectivity index (χ0) is 14.0. The van der Waals surface area contributed by atoms with Crippen LogP contribution in [0.1, 0.15) is 20.8 Å². The Labute approximate surface area is 116 Å². The van der Waals surface area contributed by atoms with E-state index in [2.05, 4.69) is 15.6 Å². The van der Waals surface area contributed by atoms with Crippen molar-refractivity contribution in [3.63, 3.8) is 0 Å². The number of fused-ring (bicyclic) bond motifs is 1. The van der Waals surface area contributed by atoms with Gasteiger partial charge in [0.1, 0.15) is 5.75 Å². The second-order valence-corrected chi connectivity index (χ2v) is 6.21. The maximum atomic E-state index is 11.7. The Morgan fingerprint density at radius 3 is 2.74 bits per heavy atom. The van der Waals surface area contributed by atoms with E-state index in [0.29, 0.717) is 5.13 Å². The fourth-order valence-electron chi connectivity index (χ4n) is 1.55. The van der Waals surface area contributed by atoms with Crippen LogP contribution in [0.4, 0.5) is 9.93 Å². The van der Waals surface area contributed by atoms with E-state index in [1.165, 1.54) is 11.3 Å². The molecule has 0 unspecified atom stereocenters. The lowest BCUT2D eigenvalue weighted by Crippen LogP contribution is -2.43. The van der Waals surface area contributed by atoms with Gasteiger partial charge in [0, 0.05) is 5.54 Å². The number of amides is 2. The number of thiazole rings is 1. The smallest absolute Gasteiger partial charge is 0.321 e. The SMILES string of the molecule is COc1ccc2nc(NC(=O)NC(C)(C)C)sc2c1. The Balaban J connectivity index is 2.15. The Bertz CT molecular complexity index is 601. The first-order valence-electron chi connectivity index (χ1n) is 5.91. The van der Waals surface area contributed by atoms with Crippen LogP contribution in [0.25, 0.3) is 10.2 Å². The van der Waals surface area contributed by atoms with Crippen molar-refractivity contribution in [2.75, 3.05) is 12.4 Å². The first kappa shape index (κ1) is 13.6. The molecule has 0 bridgehead atoms. The quantitative estimate of drug-likeness (QED) is 0.887. The lowest BCUT2D eigenvalue weighted by molar-refractivity contribution is 0.244. The molecular formula is C13H17N3O2S. The van der Waals surface area contributed by atoms with Crippen molar-refractivity contribution >= 4 is 32.7 Å². The fraction of sp³-hybridized carbons (Fsp3) is 0.385. The predicted octanol–water partition coefficient (Wildman–Crippen LogP) is 3.22. The minimum Gasteiger partial charge on any atom is -0.497 e. The van der Waals surface area contributed by atoms with E-state index in [9.17, 15) is 4.79 Å². The molecule has 0 aliphatic rings. The summed E-state index contributed by atoms with van der Waals surface area (Å²) in [5.74, 6) is 0.779. The van der Waals surface area contributed by atoms with E-state index in [1.54, 1.807) is 7.11 Å². The van der Waals surface area contributed by atoms with Crippen molar-refractivity contribution in [2.24, 2.45) is 0 Å². The molecule has 2 aromatic rings. The molecule has 19 heavy (non-hydrogen) atoms. The standard InChI is InChI=1S/C13H17N3O2S/c1-13(2,3)16-11(17)15-12-14-9-6-5-8(18-4)7-10(9)19-12/h5-7H,1-4H3,(H2,14,15,16,17). The summed E-state index contributed by atoms with van der Waals surface area (Å²) < 4.78 is 6.13. The highest BCUT2D eigenvalue weighted by molar-refractivity contribution is 7.22. The average molecular weight is 279 g/mol. The monoisotopic (exact) mass is 279 g/mol. The Kier molecular flexibility index (Phi) is 3.61. The van der Waals surface area contributed by atoms with Crippen LogP contribution in [0.2, 0.25) is 0 Å². The minimum atomic E-state index is -0.274. The summed E-state index contributed by atoms with van der Waals surface area (Å²) in [5.41, 5.74) is 0.570. The number of ether oxygens (including phenoxy) is 1. The highest BCUT2D eigenvalue weighted by Gasteiger charge is 2.15. The predicted molar refractivity (Wildman–Crippen MR) is 78.1 cm³/mol. The number of methoxy groups -OCH3 is 1. The van der Waals surface area contributed by atoms with Crippen LogP contribution in [0.3, 0.4) is 0 Å². The normalized spacial score (nSPS) is 11.4. The number of carbonyl (C=O) groups excluding carboxylic acids is 1. The van der Waals surface area contributed by atoms with Crippen molar-refractivity contribution in [2.45, 2.75) is 26.3 Å². The van der Waals surface area contributed by atoms with Crippen molar-refractivity contribution in [3.05, 3.63) is 18.2 Å². The van der Waals surface area contributed by atoms with Crippen LogP contribution >= 0.6 is 11.3 Å². The Morgan fingerprint density at radius 2 is 2.11 bits per heavy atom. The van der Waals surface area contributed by atoms with Crippen LogP contribution < -0.4 is 15.4 Å². The molecule has 2 amide bonds. The van der Waals surface area contributed by atoms with E-state index in [1.807, 2.05) is 39.0 Å². The van der Waals surface area contributed by atoms with Crippen LogP contribution in [0.15, 0.2) is 18.2 Å². The van der Waals surface area contributed by atoms with Gasteiger partial charge in [-0.25, -0.2) is 9.78 Å². The summed E-state index contributed by atoms with van der Waals surface area (Å²) in [5, 5.41) is 6.14. The molecule has 6 heteroatoms. The largest absolute Gasteiger partial charge is 0.497 e. The highest BCUT2D eigenvalue weighted by atomic mass is 32.1. The molecule has 5 nitrogen and oxygen atoms in total. The van der Waals surface area contributed by atoms with E-state index in [-0.39, 0.29) is 11.6 Å². The topological polar surface area (TPSA) is 63.2 Å². The van der Waals surface area contributed by atoms with Gasteiger partial charge in [0.05, 0.1) is 17.3 Å². The van der Waals surface area contributed by atoms with Gasteiger partial charge in [-0.3, -0.25) is 5.32 Å². The van der Waals surface area contributed by atoms with E-state index >= 15 is 0 Å². The number of carbonyl (C=O) groups is 1. The van der Waals surface area contributed by atoms with E-state index in [4.69, 9.17) is 4.74 Å². The van der Waals surface area contributed by atoms with Gasteiger partial charge in [0.25, 0.3) is 0 Å².